The molecule has 5 nitrogen and oxygen atoms in total. The average Bonchev–Trinajstić information content (AvgIpc) is 3.02. The van der Waals surface area contributed by atoms with E-state index in [0.717, 1.165) is 24.6 Å². The van der Waals surface area contributed by atoms with Crippen molar-refractivity contribution in [3.05, 3.63) is 11.6 Å². The van der Waals surface area contributed by atoms with E-state index in [2.05, 4.69) is 9.88 Å². The molecule has 104 valence electrons. The number of aromatic nitrogens is 1. The smallest absolute Gasteiger partial charge is 0.410 e. The first kappa shape index (κ1) is 12.7. The summed E-state index contributed by atoms with van der Waals surface area (Å²) < 4.78 is 5.46. The Morgan fingerprint density at radius 1 is 1.42 bits per heavy atom. The predicted molar refractivity (Wildman–Crippen MR) is 74.6 cm³/mol. The number of carbonyl (C=O) groups is 1. The molecule has 1 amide bonds. The highest BCUT2D eigenvalue weighted by Crippen LogP contribution is 2.35. The summed E-state index contributed by atoms with van der Waals surface area (Å²) in [5, 5.41) is 3.06. The third-order valence-electron chi connectivity index (χ3n) is 3.53. The number of anilines is 1. The predicted octanol–water partition coefficient (Wildman–Crippen LogP) is 2.34. The summed E-state index contributed by atoms with van der Waals surface area (Å²) >= 11 is 1.66. The van der Waals surface area contributed by atoms with Gasteiger partial charge in [0.15, 0.2) is 5.13 Å². The SMILES string of the molecule is CC(C)(C)OC(=O)N1CC2CC1CN2c1nccs1. The molecule has 0 spiro atoms. The first-order valence-electron chi connectivity index (χ1n) is 6.60. The van der Waals surface area contributed by atoms with Gasteiger partial charge in [-0.2, -0.15) is 0 Å². The monoisotopic (exact) mass is 281 g/mol. The van der Waals surface area contributed by atoms with Gasteiger partial charge in [0, 0.05) is 24.7 Å². The van der Waals surface area contributed by atoms with E-state index in [-0.39, 0.29) is 12.1 Å². The molecule has 2 atom stereocenters. The van der Waals surface area contributed by atoms with Crippen LogP contribution in [-0.4, -0.2) is 46.8 Å². The zero-order chi connectivity index (χ0) is 13.6. The van der Waals surface area contributed by atoms with Gasteiger partial charge in [-0.3, -0.25) is 0 Å². The minimum atomic E-state index is -0.423. The van der Waals surface area contributed by atoms with Gasteiger partial charge in [-0.05, 0) is 27.2 Å². The Morgan fingerprint density at radius 3 is 2.74 bits per heavy atom. The normalized spacial score (nSPS) is 26.1. The van der Waals surface area contributed by atoms with Crippen LogP contribution in [0.4, 0.5) is 9.93 Å². The van der Waals surface area contributed by atoms with Crippen molar-refractivity contribution in [1.29, 1.82) is 0 Å². The summed E-state index contributed by atoms with van der Waals surface area (Å²) in [7, 11) is 0. The Balaban J connectivity index is 1.65. The zero-order valence-corrected chi connectivity index (χ0v) is 12.3. The number of carbonyl (C=O) groups excluding carboxylic acids is 1. The summed E-state index contributed by atoms with van der Waals surface area (Å²) in [6, 6.07) is 0.660. The Hall–Kier alpha value is -1.30. The molecule has 0 aliphatic carbocycles. The summed E-state index contributed by atoms with van der Waals surface area (Å²) in [5.74, 6) is 0. The van der Waals surface area contributed by atoms with Crippen LogP contribution in [0.15, 0.2) is 11.6 Å². The van der Waals surface area contributed by atoms with Gasteiger partial charge in [0.25, 0.3) is 0 Å². The number of amides is 1. The Bertz CT molecular complexity index is 469. The average molecular weight is 281 g/mol. The minimum absolute atomic E-state index is 0.182. The second-order valence-corrected chi connectivity index (χ2v) is 7.02. The third kappa shape index (κ3) is 2.41. The second-order valence-electron chi connectivity index (χ2n) is 6.14. The van der Waals surface area contributed by atoms with Crippen LogP contribution in [0.5, 0.6) is 0 Å². The van der Waals surface area contributed by atoms with Gasteiger partial charge in [0.05, 0.1) is 12.1 Å². The second kappa shape index (κ2) is 4.37. The number of hydrogen-bond acceptors (Lipinski definition) is 5. The maximum Gasteiger partial charge on any atom is 0.410 e. The van der Waals surface area contributed by atoms with E-state index in [0.29, 0.717) is 6.04 Å². The number of ether oxygens (including phenoxy) is 1. The summed E-state index contributed by atoms with van der Waals surface area (Å²) in [4.78, 5) is 20.7. The fraction of sp³-hybridized carbons (Fsp3) is 0.692. The van der Waals surface area contributed by atoms with Gasteiger partial charge in [-0.1, -0.05) is 0 Å². The summed E-state index contributed by atoms with van der Waals surface area (Å²) in [6.07, 6.45) is 2.68. The molecule has 0 radical (unpaired) electrons. The van der Waals surface area contributed by atoms with E-state index in [1.807, 2.05) is 37.2 Å². The lowest BCUT2D eigenvalue weighted by molar-refractivity contribution is 0.0215. The van der Waals surface area contributed by atoms with E-state index < -0.39 is 5.60 Å². The minimum Gasteiger partial charge on any atom is -0.444 e. The molecule has 2 saturated heterocycles. The Morgan fingerprint density at radius 2 is 2.21 bits per heavy atom. The summed E-state index contributed by atoms with van der Waals surface area (Å²) in [5.41, 5.74) is -0.423. The number of thiazole rings is 1. The zero-order valence-electron chi connectivity index (χ0n) is 11.5. The topological polar surface area (TPSA) is 45.7 Å². The molecule has 3 heterocycles. The van der Waals surface area contributed by atoms with Crippen molar-refractivity contribution in [2.24, 2.45) is 0 Å². The third-order valence-corrected chi connectivity index (χ3v) is 4.34. The molecule has 3 rings (SSSR count). The van der Waals surface area contributed by atoms with E-state index in [4.69, 9.17) is 4.74 Å². The largest absolute Gasteiger partial charge is 0.444 e. The Kier molecular flexibility index (Phi) is 2.92. The lowest BCUT2D eigenvalue weighted by Gasteiger charge is -2.35. The molecule has 1 aromatic heterocycles. The lowest BCUT2D eigenvalue weighted by Crippen LogP contribution is -2.50. The van der Waals surface area contributed by atoms with Crippen molar-refractivity contribution in [3.8, 4) is 0 Å². The first-order chi connectivity index (χ1) is 8.94. The van der Waals surface area contributed by atoms with Crippen LogP contribution in [0.25, 0.3) is 0 Å². The number of likely N-dealkylation sites (tertiary alicyclic amines) is 1. The highest BCUT2D eigenvalue weighted by atomic mass is 32.1. The molecule has 2 fully saturated rings. The number of hydrogen-bond donors (Lipinski definition) is 0. The van der Waals surface area contributed by atoms with Crippen molar-refractivity contribution >= 4 is 22.6 Å². The quantitative estimate of drug-likeness (QED) is 0.792. The van der Waals surface area contributed by atoms with Crippen LogP contribution in [0.3, 0.4) is 0 Å². The van der Waals surface area contributed by atoms with Gasteiger partial charge < -0.3 is 14.5 Å². The van der Waals surface area contributed by atoms with Crippen molar-refractivity contribution in [2.75, 3.05) is 18.0 Å². The molecule has 1 aromatic rings. The maximum absolute atomic E-state index is 12.1. The van der Waals surface area contributed by atoms with Gasteiger partial charge in [0.1, 0.15) is 5.60 Å². The molecular formula is C13H19N3O2S. The lowest BCUT2D eigenvalue weighted by atomic mass is 10.2. The molecule has 0 saturated carbocycles. The van der Waals surface area contributed by atoms with Gasteiger partial charge >= 0.3 is 6.09 Å². The molecule has 2 aliphatic rings. The van der Waals surface area contributed by atoms with Gasteiger partial charge in [-0.25, -0.2) is 9.78 Å². The molecular weight excluding hydrogens is 262 g/mol. The number of nitrogens with zero attached hydrogens (tertiary/aromatic N) is 3. The van der Waals surface area contributed by atoms with Crippen LogP contribution < -0.4 is 4.90 Å². The van der Waals surface area contributed by atoms with Crippen LogP contribution in [-0.2, 0) is 4.74 Å². The number of fused-ring (bicyclic) bond motifs is 2. The van der Waals surface area contributed by atoms with E-state index >= 15 is 0 Å². The van der Waals surface area contributed by atoms with E-state index in [1.54, 1.807) is 11.3 Å². The van der Waals surface area contributed by atoms with Gasteiger partial charge in [-0.15, -0.1) is 11.3 Å². The number of rotatable bonds is 1. The standard InChI is InChI=1S/C13H19N3O2S/c1-13(2,3)18-12(17)16-8-9-6-10(16)7-15(9)11-14-4-5-19-11/h4-5,9-10H,6-8H2,1-3H3. The van der Waals surface area contributed by atoms with Crippen LogP contribution in [0, 0.1) is 0 Å². The fourth-order valence-corrected chi connectivity index (χ4v) is 3.53. The van der Waals surface area contributed by atoms with Crippen LogP contribution in [0.1, 0.15) is 27.2 Å². The first-order valence-corrected chi connectivity index (χ1v) is 7.48. The molecule has 0 aromatic carbocycles. The van der Waals surface area contributed by atoms with Gasteiger partial charge in [0.2, 0.25) is 0 Å². The number of piperazine rings is 1. The highest BCUT2D eigenvalue weighted by molar-refractivity contribution is 7.13. The molecule has 0 N–H and O–H groups in total. The summed E-state index contributed by atoms with van der Waals surface area (Å²) in [6.45, 7) is 7.33. The van der Waals surface area contributed by atoms with Crippen molar-refractivity contribution in [1.82, 2.24) is 9.88 Å². The molecule has 2 unspecified atom stereocenters. The van der Waals surface area contributed by atoms with Crippen molar-refractivity contribution < 1.29 is 9.53 Å². The van der Waals surface area contributed by atoms with Crippen molar-refractivity contribution in [3.63, 3.8) is 0 Å². The van der Waals surface area contributed by atoms with Crippen LogP contribution >= 0.6 is 11.3 Å². The highest BCUT2D eigenvalue weighted by Gasteiger charge is 2.47. The molecule has 2 bridgehead atoms. The fourth-order valence-electron chi connectivity index (χ4n) is 2.80. The Labute approximate surface area is 117 Å². The molecule has 19 heavy (non-hydrogen) atoms. The van der Waals surface area contributed by atoms with E-state index in [1.165, 1.54) is 0 Å². The van der Waals surface area contributed by atoms with Crippen LogP contribution in [0.2, 0.25) is 0 Å². The van der Waals surface area contributed by atoms with E-state index in [9.17, 15) is 4.79 Å². The molecule has 6 heteroatoms. The molecule has 2 aliphatic heterocycles. The van der Waals surface area contributed by atoms with Crippen molar-refractivity contribution in [2.45, 2.75) is 44.9 Å². The maximum atomic E-state index is 12.1.